The first-order chi connectivity index (χ1) is 14.8. The molecule has 0 bridgehead atoms. The van der Waals surface area contributed by atoms with E-state index in [1.54, 1.807) is 10.1 Å². The summed E-state index contributed by atoms with van der Waals surface area (Å²) in [6.07, 6.45) is 12.2. The summed E-state index contributed by atoms with van der Waals surface area (Å²) in [4.78, 5) is 0. The molecule has 0 spiro atoms. The van der Waals surface area contributed by atoms with E-state index < -0.39 is 0 Å². The van der Waals surface area contributed by atoms with Crippen molar-refractivity contribution in [3.8, 4) is 0 Å². The van der Waals surface area contributed by atoms with Gasteiger partial charge in [0.05, 0.1) is 0 Å². The molecule has 4 heteroatoms. The van der Waals surface area contributed by atoms with E-state index in [0.29, 0.717) is 5.41 Å². The molecule has 4 nitrogen and oxygen atoms in total. The van der Waals surface area contributed by atoms with Gasteiger partial charge in [0, 0.05) is 22.2 Å². The molecule has 2 saturated heterocycles. The second-order valence-electron chi connectivity index (χ2n) is 14.7. The van der Waals surface area contributed by atoms with Gasteiger partial charge >= 0.3 is 0 Å². The number of rotatable bonds is 7. The van der Waals surface area contributed by atoms with Crippen molar-refractivity contribution in [3.05, 3.63) is 0 Å². The molecule has 2 rings (SSSR count). The fraction of sp³-hybridized carbons (Fsp3) is 1.00. The van der Waals surface area contributed by atoms with E-state index in [-0.39, 0.29) is 22.2 Å². The summed E-state index contributed by atoms with van der Waals surface area (Å²) in [5.41, 5.74) is 0.0914. The number of piperidine rings is 2. The van der Waals surface area contributed by atoms with Crippen LogP contribution in [0.3, 0.4) is 0 Å². The van der Waals surface area contributed by atoms with Crippen molar-refractivity contribution >= 4 is 0 Å². The van der Waals surface area contributed by atoms with Gasteiger partial charge in [0.25, 0.3) is 0 Å². The Morgan fingerprint density at radius 1 is 0.667 bits per heavy atom. The Hall–Kier alpha value is -0.160. The van der Waals surface area contributed by atoms with Gasteiger partial charge in [-0.25, -0.2) is 0 Å². The van der Waals surface area contributed by atoms with Gasteiger partial charge in [-0.3, -0.25) is 0 Å². The van der Waals surface area contributed by atoms with E-state index >= 15 is 0 Å². The monoisotopic (exact) mass is 468 g/mol. The van der Waals surface area contributed by atoms with Gasteiger partial charge in [0.15, 0.2) is 0 Å². The van der Waals surface area contributed by atoms with Crippen molar-refractivity contribution in [2.75, 3.05) is 0 Å². The summed E-state index contributed by atoms with van der Waals surface area (Å²) < 4.78 is 0. The minimum absolute atomic E-state index is 0.0679. The topological polar surface area (TPSA) is 46.9 Å². The maximum atomic E-state index is 10.4. The van der Waals surface area contributed by atoms with Crippen molar-refractivity contribution < 1.29 is 10.4 Å². The Kier molecular flexibility index (Phi) is 10.5. The Bertz CT molecular complexity index is 558. The summed E-state index contributed by atoms with van der Waals surface area (Å²) in [5.74, 6) is 1.49. The summed E-state index contributed by atoms with van der Waals surface area (Å²) in [5, 5.41) is 23.6. The van der Waals surface area contributed by atoms with Crippen LogP contribution in [0.4, 0.5) is 0 Å². The molecular weight excluding hydrogens is 408 g/mol. The highest BCUT2D eigenvalue weighted by Gasteiger charge is 2.46. The maximum Gasteiger partial charge on any atom is 0.0413 e. The molecule has 0 radical (unpaired) electrons. The van der Waals surface area contributed by atoms with Crippen LogP contribution in [-0.4, -0.2) is 42.7 Å². The normalized spacial score (nSPS) is 26.0. The first kappa shape index (κ1) is 30.9. The fourth-order valence-corrected chi connectivity index (χ4v) is 7.25. The third kappa shape index (κ3) is 8.78. The lowest BCUT2D eigenvalue weighted by Crippen LogP contribution is -2.59. The highest BCUT2D eigenvalue weighted by molar-refractivity contribution is 4.97. The molecule has 0 unspecified atom stereocenters. The third-order valence-electron chi connectivity index (χ3n) is 8.19. The van der Waals surface area contributed by atoms with Crippen LogP contribution in [0.2, 0.25) is 0 Å². The minimum Gasteiger partial charge on any atom is -0.313 e. The smallest absolute Gasteiger partial charge is 0.0413 e. The van der Waals surface area contributed by atoms with Gasteiger partial charge < -0.3 is 10.4 Å². The number of hydrogen-bond donors (Lipinski definition) is 2. The Balaban J connectivity index is 0.000000346. The van der Waals surface area contributed by atoms with Gasteiger partial charge in [-0.15, -0.1) is 0 Å². The maximum absolute atomic E-state index is 10.4. The quantitative estimate of drug-likeness (QED) is 0.392. The Morgan fingerprint density at radius 2 is 1.03 bits per heavy atom. The average Bonchev–Trinajstić information content (AvgIpc) is 2.62. The third-order valence-corrected chi connectivity index (χ3v) is 8.19. The molecule has 0 aromatic heterocycles. The van der Waals surface area contributed by atoms with E-state index in [4.69, 9.17) is 0 Å². The molecule has 0 aromatic rings. The average molecular weight is 469 g/mol. The van der Waals surface area contributed by atoms with Crippen molar-refractivity contribution in [1.29, 1.82) is 0 Å². The lowest BCUT2D eigenvalue weighted by molar-refractivity contribution is -0.252. The first-order valence-corrected chi connectivity index (χ1v) is 13.8. The summed E-state index contributed by atoms with van der Waals surface area (Å²) in [6, 6.07) is 0. The van der Waals surface area contributed by atoms with Crippen molar-refractivity contribution in [3.63, 3.8) is 0 Å². The zero-order valence-electron chi connectivity index (χ0n) is 24.5. The highest BCUT2D eigenvalue weighted by atomic mass is 16.5. The predicted octanol–water partition coefficient (Wildman–Crippen LogP) is 8.70. The fourth-order valence-electron chi connectivity index (χ4n) is 7.25. The Labute approximate surface area is 207 Å². The standard InChI is InChI=1S/C17H35NO.C12H25NO/c1-8-9-10-15(2,3)11-14-12-16(4,5)18(19)17(6,7)13-14;1-6-7-10-8-11(2,3)13(14)12(4,5)9-10/h14,19H,8-13H2,1-7H3;10,14H,6-9H2,1-5H3. The molecule has 0 amide bonds. The van der Waals surface area contributed by atoms with Crippen LogP contribution in [0.15, 0.2) is 0 Å². The molecule has 0 saturated carbocycles. The summed E-state index contributed by atoms with van der Waals surface area (Å²) in [7, 11) is 0. The lowest BCUT2D eigenvalue weighted by Gasteiger charge is -2.52. The number of hydroxylamine groups is 4. The van der Waals surface area contributed by atoms with E-state index in [2.05, 4.69) is 83.1 Å². The van der Waals surface area contributed by atoms with Crippen LogP contribution in [-0.2, 0) is 0 Å². The van der Waals surface area contributed by atoms with Gasteiger partial charge in [-0.1, -0.05) is 53.4 Å². The molecule has 198 valence electrons. The second-order valence-corrected chi connectivity index (χ2v) is 14.7. The predicted molar refractivity (Wildman–Crippen MR) is 142 cm³/mol. The largest absolute Gasteiger partial charge is 0.313 e. The van der Waals surface area contributed by atoms with Gasteiger partial charge in [-0.05, 0) is 111 Å². The molecule has 0 aromatic carbocycles. The zero-order chi connectivity index (χ0) is 25.9. The molecule has 2 fully saturated rings. The molecule has 33 heavy (non-hydrogen) atoms. The molecule has 2 aliphatic heterocycles. The van der Waals surface area contributed by atoms with E-state index in [9.17, 15) is 10.4 Å². The van der Waals surface area contributed by atoms with Crippen LogP contribution in [0.5, 0.6) is 0 Å². The van der Waals surface area contributed by atoms with E-state index in [1.807, 2.05) is 0 Å². The van der Waals surface area contributed by atoms with Crippen LogP contribution < -0.4 is 0 Å². The van der Waals surface area contributed by atoms with Crippen molar-refractivity contribution in [2.45, 2.75) is 169 Å². The van der Waals surface area contributed by atoms with Gasteiger partial charge in [-0.2, -0.15) is 10.1 Å². The molecular formula is C29H60N2O2. The second kappa shape index (κ2) is 11.3. The number of nitrogens with zero attached hydrogens (tertiary/aromatic N) is 2. The molecule has 2 heterocycles. The van der Waals surface area contributed by atoms with Crippen LogP contribution in [0.25, 0.3) is 0 Å². The molecule has 2 N–H and O–H groups in total. The zero-order valence-corrected chi connectivity index (χ0v) is 24.5. The van der Waals surface area contributed by atoms with Crippen LogP contribution >= 0.6 is 0 Å². The number of unbranched alkanes of at least 4 members (excludes halogenated alkanes) is 1. The SMILES string of the molecule is CCCC1CC(C)(C)N(O)C(C)(C)C1.CCCCC(C)(C)CC1CC(C)(C)N(O)C(C)(C)C1. The minimum atomic E-state index is -0.104. The first-order valence-electron chi connectivity index (χ1n) is 13.8. The molecule has 0 aliphatic carbocycles. The van der Waals surface area contributed by atoms with E-state index in [1.165, 1.54) is 38.5 Å². The lowest BCUT2D eigenvalue weighted by atomic mass is 9.68. The number of hydrogen-bond acceptors (Lipinski definition) is 4. The van der Waals surface area contributed by atoms with Gasteiger partial charge in [0.2, 0.25) is 0 Å². The summed E-state index contributed by atoms with van der Waals surface area (Å²) >= 11 is 0. The molecule has 2 aliphatic rings. The van der Waals surface area contributed by atoms with Crippen molar-refractivity contribution in [2.24, 2.45) is 17.3 Å². The van der Waals surface area contributed by atoms with Gasteiger partial charge in [0.1, 0.15) is 0 Å². The van der Waals surface area contributed by atoms with Crippen LogP contribution in [0.1, 0.15) is 147 Å². The highest BCUT2D eigenvalue weighted by Crippen LogP contribution is 2.45. The van der Waals surface area contributed by atoms with Crippen molar-refractivity contribution in [1.82, 2.24) is 10.1 Å². The summed E-state index contributed by atoms with van der Waals surface area (Å²) in [6.45, 7) is 26.5. The van der Waals surface area contributed by atoms with Crippen LogP contribution in [0, 0.1) is 17.3 Å². The Morgan fingerprint density at radius 3 is 1.36 bits per heavy atom. The van der Waals surface area contributed by atoms with E-state index in [0.717, 1.165) is 37.5 Å². The molecule has 0 atom stereocenters.